The number of aliphatic carboxylic acids is 1. The molecule has 7 nitrogen and oxygen atoms in total. The molecule has 1 unspecified atom stereocenters. The van der Waals surface area contributed by atoms with E-state index in [-0.39, 0.29) is 17.7 Å². The molecule has 1 aromatic carbocycles. The quantitative estimate of drug-likeness (QED) is 0.459. The maximum absolute atomic E-state index is 10.9. The van der Waals surface area contributed by atoms with Crippen molar-refractivity contribution in [3.8, 4) is 6.07 Å². The van der Waals surface area contributed by atoms with E-state index in [0.717, 1.165) is 6.07 Å². The third-order valence-corrected chi connectivity index (χ3v) is 2.36. The summed E-state index contributed by atoms with van der Waals surface area (Å²) in [7, 11) is 0. The van der Waals surface area contributed by atoms with Crippen LogP contribution in [-0.4, -0.2) is 22.0 Å². The van der Waals surface area contributed by atoms with E-state index in [0.29, 0.717) is 5.69 Å². The smallest absolute Gasteiger partial charge is 0.326 e. The van der Waals surface area contributed by atoms with Crippen molar-refractivity contribution < 1.29 is 14.8 Å². The Bertz CT molecular complexity index is 563. The summed E-state index contributed by atoms with van der Waals surface area (Å²) in [5.41, 5.74) is -0.113. The average molecular weight is 261 g/mol. The molecule has 7 heteroatoms. The molecule has 1 rings (SSSR count). The normalized spacial score (nSPS) is 11.1. The molecule has 0 saturated carbocycles. The van der Waals surface area contributed by atoms with E-state index in [1.165, 1.54) is 18.2 Å². The molecule has 1 aromatic rings. The molecule has 0 aliphatic rings. The van der Waals surface area contributed by atoms with Gasteiger partial charge in [-0.2, -0.15) is 5.26 Å². The molecule has 0 spiro atoms. The largest absolute Gasteiger partial charge is 0.480 e. The topological polar surface area (TPSA) is 116 Å². The molecule has 0 radical (unpaired) electrons. The highest BCUT2D eigenvalue weighted by Crippen LogP contribution is 2.22. The van der Waals surface area contributed by atoms with E-state index in [1.807, 2.05) is 0 Å². The van der Waals surface area contributed by atoms with Crippen molar-refractivity contribution in [3.05, 3.63) is 46.5 Å². The van der Waals surface area contributed by atoms with Crippen molar-refractivity contribution in [2.24, 2.45) is 0 Å². The second-order valence-electron chi connectivity index (χ2n) is 3.66. The van der Waals surface area contributed by atoms with Crippen LogP contribution in [0.4, 0.5) is 11.4 Å². The van der Waals surface area contributed by atoms with Crippen LogP contribution in [0.5, 0.6) is 0 Å². The molecule has 2 N–H and O–H groups in total. The van der Waals surface area contributed by atoms with Crippen LogP contribution >= 0.6 is 0 Å². The first-order valence-electron chi connectivity index (χ1n) is 5.28. The number of nitro benzene ring substituents is 1. The first-order valence-corrected chi connectivity index (χ1v) is 5.28. The fraction of sp³-hybridized carbons (Fsp3) is 0.167. The summed E-state index contributed by atoms with van der Waals surface area (Å²) in [5, 5.41) is 31.1. The van der Waals surface area contributed by atoms with Gasteiger partial charge in [-0.15, -0.1) is 6.58 Å². The van der Waals surface area contributed by atoms with E-state index in [1.54, 1.807) is 6.07 Å². The first-order chi connectivity index (χ1) is 8.99. The number of hydrogen-bond acceptors (Lipinski definition) is 5. The number of rotatable bonds is 6. The second kappa shape index (κ2) is 6.16. The van der Waals surface area contributed by atoms with Crippen LogP contribution in [0.1, 0.15) is 12.0 Å². The highest BCUT2D eigenvalue weighted by Gasteiger charge is 2.18. The van der Waals surface area contributed by atoms with Crippen LogP contribution in [0.2, 0.25) is 0 Å². The Morgan fingerprint density at radius 3 is 2.84 bits per heavy atom. The molecule has 19 heavy (non-hydrogen) atoms. The minimum absolute atomic E-state index is 0.127. The van der Waals surface area contributed by atoms with E-state index < -0.39 is 16.9 Å². The van der Waals surface area contributed by atoms with Gasteiger partial charge in [-0.25, -0.2) is 4.79 Å². The van der Waals surface area contributed by atoms with Crippen molar-refractivity contribution in [2.75, 3.05) is 5.32 Å². The Labute approximate surface area is 108 Å². The van der Waals surface area contributed by atoms with Gasteiger partial charge in [0.25, 0.3) is 5.69 Å². The maximum atomic E-state index is 10.9. The summed E-state index contributed by atoms with van der Waals surface area (Å²) in [6, 6.07) is 4.57. The summed E-state index contributed by atoms with van der Waals surface area (Å²) in [6.45, 7) is 3.45. The average Bonchev–Trinajstić information content (AvgIpc) is 2.37. The van der Waals surface area contributed by atoms with E-state index >= 15 is 0 Å². The number of carboxylic acids is 1. The first kappa shape index (κ1) is 14.2. The lowest BCUT2D eigenvalue weighted by Crippen LogP contribution is -2.28. The zero-order valence-corrected chi connectivity index (χ0v) is 9.87. The molecule has 0 fully saturated rings. The van der Waals surface area contributed by atoms with Gasteiger partial charge in [-0.3, -0.25) is 10.1 Å². The van der Waals surface area contributed by atoms with Crippen molar-refractivity contribution in [3.63, 3.8) is 0 Å². The zero-order valence-electron chi connectivity index (χ0n) is 9.87. The molecule has 1 atom stereocenters. The molecule has 0 aliphatic heterocycles. The number of nitro groups is 1. The fourth-order valence-electron chi connectivity index (χ4n) is 1.46. The molecule has 0 saturated heterocycles. The van der Waals surface area contributed by atoms with Gasteiger partial charge < -0.3 is 10.4 Å². The number of anilines is 1. The van der Waals surface area contributed by atoms with Crippen molar-refractivity contribution >= 4 is 17.3 Å². The molecule has 0 aliphatic carbocycles. The van der Waals surface area contributed by atoms with Gasteiger partial charge in [0.2, 0.25) is 0 Å². The highest BCUT2D eigenvalue weighted by molar-refractivity contribution is 5.78. The summed E-state index contributed by atoms with van der Waals surface area (Å²) in [4.78, 5) is 20.9. The lowest BCUT2D eigenvalue weighted by atomic mass is 10.1. The van der Waals surface area contributed by atoms with Crippen molar-refractivity contribution in [1.29, 1.82) is 5.26 Å². The maximum Gasteiger partial charge on any atom is 0.326 e. The summed E-state index contributed by atoms with van der Waals surface area (Å²) in [6.07, 6.45) is 1.64. The zero-order chi connectivity index (χ0) is 14.4. The minimum atomic E-state index is -1.07. The Morgan fingerprint density at radius 1 is 1.68 bits per heavy atom. The Kier molecular flexibility index (Phi) is 4.60. The number of carbonyl (C=O) groups is 1. The monoisotopic (exact) mass is 261 g/mol. The van der Waals surface area contributed by atoms with Gasteiger partial charge in [0.1, 0.15) is 17.7 Å². The van der Waals surface area contributed by atoms with E-state index in [2.05, 4.69) is 11.9 Å². The van der Waals surface area contributed by atoms with Crippen LogP contribution < -0.4 is 5.32 Å². The molecule has 0 bridgehead atoms. The number of nitrogens with zero attached hydrogens (tertiary/aromatic N) is 2. The standard InChI is InChI=1S/C12H11N3O4/c1-2-3-10(12(16)17)14-9-4-5-11(15(18)19)8(6-9)7-13/h2,4-6,10,14H,1,3H2,(H,16,17). The van der Waals surface area contributed by atoms with Gasteiger partial charge in [-0.1, -0.05) is 6.08 Å². The SMILES string of the molecule is C=CCC(Nc1ccc([N+](=O)[O-])c(C#N)c1)C(=O)O. The molecular formula is C12H11N3O4. The van der Waals surface area contributed by atoms with Gasteiger partial charge in [0, 0.05) is 11.8 Å². The number of benzene rings is 1. The van der Waals surface area contributed by atoms with Gasteiger partial charge in [0.15, 0.2) is 0 Å². The Balaban J connectivity index is 3.03. The predicted molar refractivity (Wildman–Crippen MR) is 67.7 cm³/mol. The second-order valence-corrected chi connectivity index (χ2v) is 3.66. The van der Waals surface area contributed by atoms with E-state index in [4.69, 9.17) is 10.4 Å². The van der Waals surface area contributed by atoms with E-state index in [9.17, 15) is 14.9 Å². The van der Waals surface area contributed by atoms with Crippen LogP contribution in [0, 0.1) is 21.4 Å². The predicted octanol–water partition coefficient (Wildman–Crippen LogP) is 1.91. The molecule has 0 heterocycles. The molecule has 0 aromatic heterocycles. The Morgan fingerprint density at radius 2 is 2.37 bits per heavy atom. The Hall–Kier alpha value is -2.88. The van der Waals surface area contributed by atoms with Crippen LogP contribution in [-0.2, 0) is 4.79 Å². The van der Waals surface area contributed by atoms with Gasteiger partial charge >= 0.3 is 5.97 Å². The fourth-order valence-corrected chi connectivity index (χ4v) is 1.46. The minimum Gasteiger partial charge on any atom is -0.480 e. The van der Waals surface area contributed by atoms with Crippen LogP contribution in [0.15, 0.2) is 30.9 Å². The molecule has 98 valence electrons. The van der Waals surface area contributed by atoms with Gasteiger partial charge in [-0.05, 0) is 18.6 Å². The molecule has 0 amide bonds. The van der Waals surface area contributed by atoms with Crippen LogP contribution in [0.3, 0.4) is 0 Å². The summed E-state index contributed by atoms with van der Waals surface area (Å²) >= 11 is 0. The molecular weight excluding hydrogens is 250 g/mol. The number of carboxylic acid groups (broad SMARTS) is 1. The number of nitriles is 1. The van der Waals surface area contributed by atoms with Crippen LogP contribution in [0.25, 0.3) is 0 Å². The number of nitrogens with one attached hydrogen (secondary N) is 1. The summed E-state index contributed by atoms with van der Waals surface area (Å²) in [5.74, 6) is -1.07. The van der Waals surface area contributed by atoms with Crippen molar-refractivity contribution in [2.45, 2.75) is 12.5 Å². The lowest BCUT2D eigenvalue weighted by Gasteiger charge is -2.13. The number of hydrogen-bond donors (Lipinski definition) is 2. The van der Waals surface area contributed by atoms with Crippen molar-refractivity contribution in [1.82, 2.24) is 0 Å². The van der Waals surface area contributed by atoms with Gasteiger partial charge in [0.05, 0.1) is 4.92 Å². The third kappa shape index (κ3) is 3.54. The highest BCUT2D eigenvalue weighted by atomic mass is 16.6. The third-order valence-electron chi connectivity index (χ3n) is 2.36. The lowest BCUT2D eigenvalue weighted by molar-refractivity contribution is -0.385. The summed E-state index contributed by atoms with van der Waals surface area (Å²) < 4.78 is 0.